The molecule has 31 heavy (non-hydrogen) atoms. The third kappa shape index (κ3) is 5.22. The van der Waals surface area contributed by atoms with Gasteiger partial charge in [0.25, 0.3) is 0 Å². The molecule has 1 saturated carbocycles. The van der Waals surface area contributed by atoms with Crippen LogP contribution in [0.2, 0.25) is 0 Å². The van der Waals surface area contributed by atoms with E-state index in [1.807, 2.05) is 18.2 Å². The van der Waals surface area contributed by atoms with Gasteiger partial charge in [-0.15, -0.1) is 10.2 Å². The number of nitrogens with one attached hydrogen (secondary N) is 1. The second kappa shape index (κ2) is 10.9. The molecule has 166 valence electrons. The minimum atomic E-state index is -0.209. The van der Waals surface area contributed by atoms with Crippen molar-refractivity contribution in [1.82, 2.24) is 20.1 Å². The van der Waals surface area contributed by atoms with Gasteiger partial charge in [-0.1, -0.05) is 31.0 Å². The van der Waals surface area contributed by atoms with Crippen molar-refractivity contribution in [2.24, 2.45) is 0 Å². The quantitative estimate of drug-likeness (QED) is 0.463. The van der Waals surface area contributed by atoms with Gasteiger partial charge in [0, 0.05) is 11.6 Å². The van der Waals surface area contributed by atoms with E-state index in [1.165, 1.54) is 18.2 Å². The molecule has 1 amide bonds. The Hall–Kier alpha value is -2.93. The Morgan fingerprint density at radius 2 is 1.84 bits per heavy atom. The third-order valence-corrected chi connectivity index (χ3v) is 6.17. The van der Waals surface area contributed by atoms with Crippen molar-refractivity contribution in [2.45, 2.75) is 43.3 Å². The van der Waals surface area contributed by atoms with Crippen LogP contribution in [0.4, 0.5) is 0 Å². The van der Waals surface area contributed by atoms with E-state index in [9.17, 15) is 4.79 Å². The van der Waals surface area contributed by atoms with Gasteiger partial charge in [0.15, 0.2) is 22.5 Å². The summed E-state index contributed by atoms with van der Waals surface area (Å²) >= 11 is 1.32. The van der Waals surface area contributed by atoms with Gasteiger partial charge in [0.2, 0.25) is 11.7 Å². The Balaban J connectivity index is 1.99. The summed E-state index contributed by atoms with van der Waals surface area (Å²) in [5, 5.41) is 20.7. The molecule has 0 atom stereocenters. The van der Waals surface area contributed by atoms with E-state index in [0.717, 1.165) is 31.2 Å². The Kier molecular flexibility index (Phi) is 8.00. The predicted molar refractivity (Wildman–Crippen MR) is 117 cm³/mol. The Morgan fingerprint density at radius 3 is 2.42 bits per heavy atom. The maximum absolute atomic E-state index is 12.0. The van der Waals surface area contributed by atoms with Crippen molar-refractivity contribution in [2.75, 3.05) is 33.6 Å². The predicted octanol–water partition coefficient (Wildman–Crippen LogP) is 3.21. The highest BCUT2D eigenvalue weighted by Crippen LogP contribution is 2.42. The molecule has 1 aliphatic rings. The molecule has 1 aromatic carbocycles. The minimum Gasteiger partial charge on any atom is -0.493 e. The molecular weight excluding hydrogens is 418 g/mol. The smallest absolute Gasteiger partial charge is 0.231 e. The zero-order valence-electron chi connectivity index (χ0n) is 18.0. The van der Waals surface area contributed by atoms with Crippen LogP contribution in [0.1, 0.15) is 38.1 Å². The van der Waals surface area contributed by atoms with Gasteiger partial charge in [-0.3, -0.25) is 9.36 Å². The standard InChI is InChI=1S/C21H27N5O4S/c1-28-16-11-14(12-17(29-2)19(16)30-3)20-24-25-21(31-13-18(27)23-10-9-22)26(20)15-7-5-4-6-8-15/h11-12,15H,4-8,10,13H2,1-3H3,(H,23,27). The molecule has 0 unspecified atom stereocenters. The van der Waals surface area contributed by atoms with E-state index in [0.29, 0.717) is 28.2 Å². The average Bonchev–Trinajstić information content (AvgIpc) is 3.24. The zero-order chi connectivity index (χ0) is 22.2. The van der Waals surface area contributed by atoms with Crippen molar-refractivity contribution < 1.29 is 19.0 Å². The van der Waals surface area contributed by atoms with Crippen molar-refractivity contribution in [1.29, 1.82) is 5.26 Å². The molecule has 1 aliphatic carbocycles. The van der Waals surface area contributed by atoms with E-state index in [1.54, 1.807) is 21.3 Å². The number of carbonyl (C=O) groups is 1. The molecule has 1 aromatic heterocycles. The zero-order valence-corrected chi connectivity index (χ0v) is 18.8. The fraction of sp³-hybridized carbons (Fsp3) is 0.524. The molecule has 1 N–H and O–H groups in total. The SMILES string of the molecule is COc1cc(-c2nnc(SCC(=O)NCC#N)n2C2CCCCC2)cc(OC)c1OC. The average molecular weight is 446 g/mol. The van der Waals surface area contributed by atoms with E-state index < -0.39 is 0 Å². The number of carbonyl (C=O) groups excluding carboxylic acids is 1. The lowest BCUT2D eigenvalue weighted by molar-refractivity contribution is -0.118. The van der Waals surface area contributed by atoms with Gasteiger partial charge in [-0.2, -0.15) is 5.26 Å². The van der Waals surface area contributed by atoms with Gasteiger partial charge in [0.05, 0.1) is 33.2 Å². The van der Waals surface area contributed by atoms with Crippen molar-refractivity contribution >= 4 is 17.7 Å². The number of thioether (sulfide) groups is 1. The van der Waals surface area contributed by atoms with Crippen LogP contribution in [-0.2, 0) is 4.79 Å². The van der Waals surface area contributed by atoms with Crippen LogP contribution in [0.3, 0.4) is 0 Å². The third-order valence-electron chi connectivity index (χ3n) is 5.22. The number of benzene rings is 1. The Morgan fingerprint density at radius 1 is 1.16 bits per heavy atom. The highest BCUT2D eigenvalue weighted by atomic mass is 32.2. The summed E-state index contributed by atoms with van der Waals surface area (Å²) < 4.78 is 18.6. The van der Waals surface area contributed by atoms with Crippen LogP contribution in [0.5, 0.6) is 17.2 Å². The summed E-state index contributed by atoms with van der Waals surface area (Å²) in [7, 11) is 4.72. The number of aromatic nitrogens is 3. The minimum absolute atomic E-state index is 0.00854. The summed E-state index contributed by atoms with van der Waals surface area (Å²) in [4.78, 5) is 12.0. The van der Waals surface area contributed by atoms with Crippen LogP contribution in [0.15, 0.2) is 17.3 Å². The number of nitriles is 1. The molecule has 0 saturated heterocycles. The second-order valence-corrected chi connectivity index (χ2v) is 8.05. The molecule has 10 heteroatoms. The summed E-state index contributed by atoms with van der Waals surface area (Å²) in [6.45, 7) is -0.00854. The molecule has 9 nitrogen and oxygen atoms in total. The maximum Gasteiger partial charge on any atom is 0.231 e. The number of methoxy groups -OCH3 is 3. The first-order chi connectivity index (χ1) is 15.1. The molecule has 0 bridgehead atoms. The monoisotopic (exact) mass is 445 g/mol. The molecular formula is C21H27N5O4S. The lowest BCUT2D eigenvalue weighted by atomic mass is 9.95. The molecule has 0 radical (unpaired) electrons. The molecule has 0 aliphatic heterocycles. The molecule has 2 aromatic rings. The molecule has 1 fully saturated rings. The topological polar surface area (TPSA) is 111 Å². The van der Waals surface area contributed by atoms with Gasteiger partial charge in [0.1, 0.15) is 6.54 Å². The molecule has 1 heterocycles. The summed E-state index contributed by atoms with van der Waals surface area (Å²) in [6, 6.07) is 5.88. The highest BCUT2D eigenvalue weighted by molar-refractivity contribution is 7.99. The van der Waals surface area contributed by atoms with Gasteiger partial charge in [-0.25, -0.2) is 0 Å². The number of hydrogen-bond acceptors (Lipinski definition) is 8. The highest BCUT2D eigenvalue weighted by Gasteiger charge is 2.26. The van der Waals surface area contributed by atoms with Crippen molar-refractivity contribution in [3.05, 3.63) is 12.1 Å². The first-order valence-electron chi connectivity index (χ1n) is 10.1. The Bertz CT molecular complexity index is 925. The largest absolute Gasteiger partial charge is 0.493 e. The first-order valence-corrected chi connectivity index (χ1v) is 11.1. The van der Waals surface area contributed by atoms with Gasteiger partial charge < -0.3 is 19.5 Å². The van der Waals surface area contributed by atoms with Crippen LogP contribution >= 0.6 is 11.8 Å². The fourth-order valence-electron chi connectivity index (χ4n) is 3.77. The number of amides is 1. The van der Waals surface area contributed by atoms with E-state index in [-0.39, 0.29) is 24.2 Å². The van der Waals surface area contributed by atoms with Crippen molar-refractivity contribution in [3.63, 3.8) is 0 Å². The maximum atomic E-state index is 12.0. The number of rotatable bonds is 9. The van der Waals surface area contributed by atoms with Crippen LogP contribution in [0.25, 0.3) is 11.4 Å². The van der Waals surface area contributed by atoms with E-state index in [4.69, 9.17) is 19.5 Å². The lowest BCUT2D eigenvalue weighted by Gasteiger charge is -2.26. The summed E-state index contributed by atoms with van der Waals surface area (Å²) in [5.41, 5.74) is 0.799. The van der Waals surface area contributed by atoms with Crippen LogP contribution in [-0.4, -0.2) is 54.3 Å². The van der Waals surface area contributed by atoms with Gasteiger partial charge >= 0.3 is 0 Å². The van der Waals surface area contributed by atoms with Crippen LogP contribution in [0, 0.1) is 11.3 Å². The Labute approximate surface area is 186 Å². The van der Waals surface area contributed by atoms with Crippen molar-refractivity contribution in [3.8, 4) is 34.7 Å². The lowest BCUT2D eigenvalue weighted by Crippen LogP contribution is -2.25. The molecule has 0 spiro atoms. The normalized spacial score (nSPS) is 14.0. The number of hydrogen-bond donors (Lipinski definition) is 1. The number of ether oxygens (including phenoxy) is 3. The van der Waals surface area contributed by atoms with Gasteiger partial charge in [-0.05, 0) is 25.0 Å². The summed E-state index contributed by atoms with van der Waals surface area (Å²) in [5.74, 6) is 2.26. The number of nitrogens with zero attached hydrogens (tertiary/aromatic N) is 4. The van der Waals surface area contributed by atoms with E-state index in [2.05, 4.69) is 20.1 Å². The fourth-order valence-corrected chi connectivity index (χ4v) is 4.61. The second-order valence-electron chi connectivity index (χ2n) is 7.11. The first kappa shape index (κ1) is 22.7. The summed E-state index contributed by atoms with van der Waals surface area (Å²) in [6.07, 6.45) is 5.57. The molecule has 3 rings (SSSR count). The van der Waals surface area contributed by atoms with E-state index >= 15 is 0 Å². The van der Waals surface area contributed by atoms with Crippen LogP contribution < -0.4 is 19.5 Å².